The lowest BCUT2D eigenvalue weighted by atomic mass is 9.61. The molecule has 1 N–H and O–H groups in total. The van der Waals surface area contributed by atoms with Crippen molar-refractivity contribution in [3.8, 4) is 11.5 Å². The third kappa shape index (κ3) is 2.99. The summed E-state index contributed by atoms with van der Waals surface area (Å²) in [5.41, 5.74) is -2.10. The maximum Gasteiger partial charge on any atom is 0.421 e. The van der Waals surface area contributed by atoms with Gasteiger partial charge in [0.25, 0.3) is 0 Å². The molecule has 2 aliphatic rings. The van der Waals surface area contributed by atoms with Crippen molar-refractivity contribution >= 4 is 23.7 Å². The SMILES string of the molecule is C=C1C[C@@]2(C(=O)N(C(=O)OC(C)(C)C)c3c2ccc(OC)c3OC)C(C)(C)C1C(=O)O. The van der Waals surface area contributed by atoms with Crippen LogP contribution < -0.4 is 14.4 Å². The van der Waals surface area contributed by atoms with Gasteiger partial charge in [-0.05, 0) is 38.8 Å². The summed E-state index contributed by atoms with van der Waals surface area (Å²) in [6.07, 6.45) is -0.764. The van der Waals surface area contributed by atoms with E-state index in [1.807, 2.05) is 0 Å². The summed E-state index contributed by atoms with van der Waals surface area (Å²) in [6.45, 7) is 12.5. The molecule has 31 heavy (non-hydrogen) atoms. The fraction of sp³-hybridized carbons (Fsp3) is 0.522. The number of ether oxygens (including phenoxy) is 3. The van der Waals surface area contributed by atoms with Gasteiger partial charge in [-0.15, -0.1) is 0 Å². The molecule has 2 atom stereocenters. The Morgan fingerprint density at radius 1 is 1.19 bits per heavy atom. The van der Waals surface area contributed by atoms with E-state index in [1.54, 1.807) is 46.8 Å². The van der Waals surface area contributed by atoms with Crippen LogP contribution in [0.15, 0.2) is 24.3 Å². The van der Waals surface area contributed by atoms with E-state index in [0.717, 1.165) is 4.90 Å². The van der Waals surface area contributed by atoms with Crippen LogP contribution in [0.1, 0.15) is 46.6 Å². The molecule has 1 aliphatic heterocycles. The Balaban J connectivity index is 2.35. The number of carboxylic acids is 1. The monoisotopic (exact) mass is 431 g/mol. The van der Waals surface area contributed by atoms with Gasteiger partial charge in [-0.1, -0.05) is 32.1 Å². The number of carbonyl (C=O) groups is 3. The third-order valence-corrected chi connectivity index (χ3v) is 6.32. The van der Waals surface area contributed by atoms with Crippen molar-refractivity contribution in [2.24, 2.45) is 11.3 Å². The van der Waals surface area contributed by atoms with Crippen molar-refractivity contribution in [3.05, 3.63) is 29.8 Å². The highest BCUT2D eigenvalue weighted by Gasteiger charge is 2.69. The van der Waals surface area contributed by atoms with E-state index in [1.165, 1.54) is 14.2 Å². The van der Waals surface area contributed by atoms with E-state index < -0.39 is 40.3 Å². The summed E-state index contributed by atoms with van der Waals surface area (Å²) in [5, 5.41) is 9.89. The smallest absolute Gasteiger partial charge is 0.421 e. The summed E-state index contributed by atoms with van der Waals surface area (Å²) in [7, 11) is 2.87. The van der Waals surface area contributed by atoms with Crippen LogP contribution in [0.25, 0.3) is 0 Å². The molecule has 0 saturated heterocycles. The number of benzene rings is 1. The van der Waals surface area contributed by atoms with Gasteiger partial charge in [0.05, 0.1) is 25.6 Å². The van der Waals surface area contributed by atoms with Crippen LogP contribution in [-0.4, -0.2) is 42.9 Å². The molecule has 1 spiro atoms. The highest BCUT2D eigenvalue weighted by Crippen LogP contribution is 2.66. The Labute approximate surface area is 181 Å². The van der Waals surface area contributed by atoms with Crippen molar-refractivity contribution in [1.82, 2.24) is 0 Å². The lowest BCUT2D eigenvalue weighted by molar-refractivity contribution is -0.144. The van der Waals surface area contributed by atoms with E-state index in [0.29, 0.717) is 16.9 Å². The number of carbonyl (C=O) groups excluding carboxylic acids is 2. The number of fused-ring (bicyclic) bond motifs is 2. The van der Waals surface area contributed by atoms with Crippen molar-refractivity contribution in [3.63, 3.8) is 0 Å². The van der Waals surface area contributed by atoms with Gasteiger partial charge in [-0.25, -0.2) is 9.69 Å². The lowest BCUT2D eigenvalue weighted by Gasteiger charge is -2.38. The third-order valence-electron chi connectivity index (χ3n) is 6.32. The summed E-state index contributed by atoms with van der Waals surface area (Å²) in [5.74, 6) is -2.04. The summed E-state index contributed by atoms with van der Waals surface area (Å²) >= 11 is 0. The molecule has 1 unspecified atom stereocenters. The van der Waals surface area contributed by atoms with Gasteiger partial charge in [-0.2, -0.15) is 0 Å². The number of aliphatic carboxylic acids is 1. The summed E-state index contributed by atoms with van der Waals surface area (Å²) in [4.78, 5) is 40.3. The number of hydrogen-bond donors (Lipinski definition) is 1. The molecule has 1 aliphatic carbocycles. The predicted molar refractivity (Wildman–Crippen MR) is 114 cm³/mol. The molecular formula is C23H29NO7. The van der Waals surface area contributed by atoms with E-state index in [-0.39, 0.29) is 17.9 Å². The zero-order valence-electron chi connectivity index (χ0n) is 19.0. The average Bonchev–Trinajstić information content (AvgIpc) is 3.00. The number of methoxy groups -OCH3 is 2. The summed E-state index contributed by atoms with van der Waals surface area (Å²) < 4.78 is 16.5. The largest absolute Gasteiger partial charge is 0.493 e. The molecule has 1 saturated carbocycles. The number of hydrogen-bond acceptors (Lipinski definition) is 6. The molecule has 2 amide bonds. The number of nitrogens with zero attached hydrogens (tertiary/aromatic N) is 1. The molecule has 1 fully saturated rings. The van der Waals surface area contributed by atoms with E-state index in [4.69, 9.17) is 14.2 Å². The molecule has 8 nitrogen and oxygen atoms in total. The quantitative estimate of drug-likeness (QED) is 0.724. The van der Waals surface area contributed by atoms with Gasteiger partial charge < -0.3 is 19.3 Å². The molecule has 168 valence electrons. The van der Waals surface area contributed by atoms with Crippen LogP contribution in [0.3, 0.4) is 0 Å². The van der Waals surface area contributed by atoms with E-state index in [2.05, 4.69) is 6.58 Å². The van der Waals surface area contributed by atoms with Gasteiger partial charge in [0.15, 0.2) is 11.5 Å². The first-order valence-corrected chi connectivity index (χ1v) is 9.98. The number of anilines is 1. The van der Waals surface area contributed by atoms with Crippen LogP contribution in [-0.2, 0) is 19.7 Å². The fourth-order valence-electron chi connectivity index (χ4n) is 5.07. The maximum atomic E-state index is 14.0. The van der Waals surface area contributed by atoms with Gasteiger partial charge >= 0.3 is 12.1 Å². The first-order chi connectivity index (χ1) is 14.2. The minimum absolute atomic E-state index is 0.0948. The molecule has 0 aromatic heterocycles. The van der Waals surface area contributed by atoms with Gasteiger partial charge in [-0.3, -0.25) is 9.59 Å². The normalized spacial score (nSPS) is 24.4. The number of rotatable bonds is 3. The van der Waals surface area contributed by atoms with Crippen molar-refractivity contribution < 1.29 is 33.7 Å². The molecule has 8 heteroatoms. The van der Waals surface area contributed by atoms with E-state index >= 15 is 0 Å². The van der Waals surface area contributed by atoms with Crippen molar-refractivity contribution in [2.45, 2.75) is 52.1 Å². The number of imide groups is 1. The second-order valence-electron chi connectivity index (χ2n) is 9.55. The second-order valence-corrected chi connectivity index (χ2v) is 9.55. The van der Waals surface area contributed by atoms with Gasteiger partial charge in [0.2, 0.25) is 5.91 Å². The van der Waals surface area contributed by atoms with Crippen LogP contribution in [0.2, 0.25) is 0 Å². The van der Waals surface area contributed by atoms with Crippen molar-refractivity contribution in [1.29, 1.82) is 0 Å². The molecule has 0 radical (unpaired) electrons. The zero-order valence-corrected chi connectivity index (χ0v) is 19.0. The Hall–Kier alpha value is -3.03. The Bertz CT molecular complexity index is 988. The van der Waals surface area contributed by atoms with Crippen LogP contribution in [0, 0.1) is 11.3 Å². The Kier molecular flexibility index (Phi) is 5.12. The molecule has 1 aromatic carbocycles. The predicted octanol–water partition coefficient (Wildman–Crippen LogP) is 3.91. The van der Waals surface area contributed by atoms with Gasteiger partial charge in [0, 0.05) is 5.41 Å². The highest BCUT2D eigenvalue weighted by atomic mass is 16.6. The minimum atomic E-state index is -1.32. The average molecular weight is 431 g/mol. The van der Waals surface area contributed by atoms with Crippen LogP contribution in [0.4, 0.5) is 10.5 Å². The standard InChI is InChI=1S/C23H29NO7/c1-12-11-23(22(5,6)15(12)18(25)26)13-9-10-14(29-7)17(30-8)16(13)24(19(23)27)20(28)31-21(2,3)4/h9-10,15H,1,11H2,2-8H3,(H,25,26)/t15?,23-/m1/s1. The zero-order chi connectivity index (χ0) is 23.5. The van der Waals surface area contributed by atoms with Crippen LogP contribution >= 0.6 is 0 Å². The topological polar surface area (TPSA) is 102 Å². The van der Waals surface area contributed by atoms with Crippen LogP contribution in [0.5, 0.6) is 11.5 Å². The van der Waals surface area contributed by atoms with Gasteiger partial charge in [0.1, 0.15) is 11.3 Å². The molecular weight excluding hydrogens is 402 g/mol. The minimum Gasteiger partial charge on any atom is -0.493 e. The molecule has 1 heterocycles. The molecule has 3 rings (SSSR count). The Morgan fingerprint density at radius 3 is 2.26 bits per heavy atom. The Morgan fingerprint density at radius 2 is 1.81 bits per heavy atom. The number of carboxylic acid groups (broad SMARTS) is 1. The maximum absolute atomic E-state index is 14.0. The van der Waals surface area contributed by atoms with E-state index in [9.17, 15) is 19.5 Å². The second kappa shape index (κ2) is 7.00. The molecule has 1 aromatic rings. The molecule has 0 bridgehead atoms. The number of amides is 2. The highest BCUT2D eigenvalue weighted by molar-refractivity contribution is 6.23. The van der Waals surface area contributed by atoms with Crippen molar-refractivity contribution in [2.75, 3.05) is 19.1 Å². The first kappa shape index (κ1) is 22.7. The summed E-state index contributed by atoms with van der Waals surface area (Å²) in [6, 6.07) is 3.34. The lowest BCUT2D eigenvalue weighted by Crippen LogP contribution is -2.51. The fourth-order valence-corrected chi connectivity index (χ4v) is 5.07. The first-order valence-electron chi connectivity index (χ1n) is 9.98.